The maximum atomic E-state index is 6.02. The van der Waals surface area contributed by atoms with Crippen LogP contribution in [-0.2, 0) is 0 Å². The molecule has 0 N–H and O–H groups in total. The van der Waals surface area contributed by atoms with Crippen molar-refractivity contribution in [3.8, 4) is 0 Å². The monoisotopic (exact) mass is 213 g/mol. The predicted molar refractivity (Wildman–Crippen MR) is 61.9 cm³/mol. The van der Waals surface area contributed by atoms with Gasteiger partial charge in [-0.3, -0.25) is 4.98 Å². The maximum absolute atomic E-state index is 6.02. The Morgan fingerprint density at radius 2 is 2.13 bits per heavy atom. The third-order valence-electron chi connectivity index (χ3n) is 2.36. The summed E-state index contributed by atoms with van der Waals surface area (Å²) in [6.45, 7) is 0. The van der Waals surface area contributed by atoms with E-state index in [4.69, 9.17) is 23.9 Å². The molecule has 1 aromatic carbocycles. The standard InChI is InChI=1S/C11H5BClNO/c12-6-3-4-7(13)11-9(6)10-8(15-11)2-1-5-14-10/h1-5H. The molecule has 0 aliphatic rings. The molecule has 2 radical (unpaired) electrons. The third-order valence-corrected chi connectivity index (χ3v) is 2.66. The van der Waals surface area contributed by atoms with Gasteiger partial charge in [-0.15, -0.1) is 0 Å². The summed E-state index contributed by atoms with van der Waals surface area (Å²) in [7, 11) is 5.88. The summed E-state index contributed by atoms with van der Waals surface area (Å²) in [5.41, 5.74) is 2.69. The summed E-state index contributed by atoms with van der Waals surface area (Å²) in [5, 5.41) is 1.34. The van der Waals surface area contributed by atoms with E-state index in [0.29, 0.717) is 21.7 Å². The van der Waals surface area contributed by atoms with E-state index >= 15 is 0 Å². The van der Waals surface area contributed by atoms with Gasteiger partial charge in [-0.1, -0.05) is 23.1 Å². The first-order chi connectivity index (χ1) is 7.27. The van der Waals surface area contributed by atoms with Gasteiger partial charge in [0.2, 0.25) is 0 Å². The van der Waals surface area contributed by atoms with Gasteiger partial charge in [0.05, 0.1) is 5.02 Å². The lowest BCUT2D eigenvalue weighted by atomic mass is 9.92. The maximum Gasteiger partial charge on any atom is 0.155 e. The van der Waals surface area contributed by atoms with E-state index in [1.165, 1.54) is 0 Å². The van der Waals surface area contributed by atoms with E-state index in [-0.39, 0.29) is 0 Å². The number of nitrogens with zero attached hydrogens (tertiary/aromatic N) is 1. The summed E-state index contributed by atoms with van der Waals surface area (Å²) < 4.78 is 5.59. The molecule has 70 valence electrons. The molecule has 0 fully saturated rings. The van der Waals surface area contributed by atoms with Crippen LogP contribution in [0.2, 0.25) is 5.02 Å². The molecule has 0 bridgehead atoms. The first-order valence-electron chi connectivity index (χ1n) is 4.48. The number of fused-ring (bicyclic) bond motifs is 3. The summed E-state index contributed by atoms with van der Waals surface area (Å²) in [6, 6.07) is 7.14. The van der Waals surface area contributed by atoms with Crippen LogP contribution >= 0.6 is 11.6 Å². The van der Waals surface area contributed by atoms with E-state index < -0.39 is 0 Å². The Kier molecular flexibility index (Phi) is 1.76. The van der Waals surface area contributed by atoms with Crippen molar-refractivity contribution in [2.24, 2.45) is 0 Å². The Balaban J connectivity index is 2.66. The van der Waals surface area contributed by atoms with Crippen molar-refractivity contribution < 1.29 is 4.42 Å². The minimum Gasteiger partial charge on any atom is -0.453 e. The lowest BCUT2D eigenvalue weighted by Gasteiger charge is -1.96. The second-order valence-electron chi connectivity index (χ2n) is 3.29. The van der Waals surface area contributed by atoms with Crippen LogP contribution in [0.3, 0.4) is 0 Å². The van der Waals surface area contributed by atoms with Gasteiger partial charge in [0.1, 0.15) is 13.4 Å². The first kappa shape index (κ1) is 8.80. The van der Waals surface area contributed by atoms with Crippen LogP contribution in [0.15, 0.2) is 34.9 Å². The van der Waals surface area contributed by atoms with Crippen molar-refractivity contribution in [3.63, 3.8) is 0 Å². The van der Waals surface area contributed by atoms with Crippen LogP contribution < -0.4 is 5.46 Å². The molecule has 0 unspecified atom stereocenters. The Morgan fingerprint density at radius 3 is 3.00 bits per heavy atom. The number of pyridine rings is 1. The van der Waals surface area contributed by atoms with Crippen molar-refractivity contribution in [2.75, 3.05) is 0 Å². The molecule has 0 saturated carbocycles. The molecule has 0 atom stereocenters. The highest BCUT2D eigenvalue weighted by Gasteiger charge is 2.11. The van der Waals surface area contributed by atoms with Gasteiger partial charge in [-0.25, -0.2) is 0 Å². The van der Waals surface area contributed by atoms with Crippen molar-refractivity contribution in [1.29, 1.82) is 0 Å². The number of benzene rings is 1. The van der Waals surface area contributed by atoms with Crippen molar-refractivity contribution in [3.05, 3.63) is 35.5 Å². The van der Waals surface area contributed by atoms with E-state index in [9.17, 15) is 0 Å². The highest BCUT2D eigenvalue weighted by Crippen LogP contribution is 2.30. The number of furan rings is 1. The number of rotatable bonds is 0. The van der Waals surface area contributed by atoms with Gasteiger partial charge in [0.25, 0.3) is 0 Å². The van der Waals surface area contributed by atoms with Crippen molar-refractivity contribution in [2.45, 2.75) is 0 Å². The highest BCUT2D eigenvalue weighted by atomic mass is 35.5. The van der Waals surface area contributed by atoms with E-state index in [1.54, 1.807) is 18.3 Å². The number of hydrogen-bond donors (Lipinski definition) is 0. The zero-order chi connectivity index (χ0) is 10.4. The molecule has 0 saturated heterocycles. The largest absolute Gasteiger partial charge is 0.453 e. The molecule has 0 aliphatic heterocycles. The fraction of sp³-hybridized carbons (Fsp3) is 0. The lowest BCUT2D eigenvalue weighted by Crippen LogP contribution is -2.02. The average Bonchev–Trinajstić information content (AvgIpc) is 2.64. The zero-order valence-corrected chi connectivity index (χ0v) is 8.45. The molecule has 2 nitrogen and oxygen atoms in total. The van der Waals surface area contributed by atoms with Gasteiger partial charge >= 0.3 is 0 Å². The molecular formula is C11H5BClNO. The van der Waals surface area contributed by atoms with Gasteiger partial charge in [-0.2, -0.15) is 0 Å². The molecule has 0 amide bonds. The van der Waals surface area contributed by atoms with E-state index in [1.807, 2.05) is 12.1 Å². The molecule has 0 aliphatic carbocycles. The average molecular weight is 213 g/mol. The first-order valence-corrected chi connectivity index (χ1v) is 4.86. The molecule has 2 aromatic heterocycles. The molecule has 15 heavy (non-hydrogen) atoms. The summed E-state index contributed by atoms with van der Waals surface area (Å²) in [4.78, 5) is 4.24. The number of hydrogen-bond acceptors (Lipinski definition) is 2. The van der Waals surface area contributed by atoms with E-state index in [0.717, 1.165) is 10.9 Å². The predicted octanol–water partition coefficient (Wildman–Crippen LogP) is 2.43. The minimum atomic E-state index is 0.553. The fourth-order valence-electron chi connectivity index (χ4n) is 1.69. The van der Waals surface area contributed by atoms with Gasteiger partial charge in [0.15, 0.2) is 11.2 Å². The summed E-state index contributed by atoms with van der Waals surface area (Å²) in [5.74, 6) is 0. The topological polar surface area (TPSA) is 26.0 Å². The second kappa shape index (κ2) is 3.01. The summed E-state index contributed by atoms with van der Waals surface area (Å²) >= 11 is 6.02. The van der Waals surface area contributed by atoms with Gasteiger partial charge in [0, 0.05) is 11.6 Å². The fourth-order valence-corrected chi connectivity index (χ4v) is 1.88. The van der Waals surface area contributed by atoms with Crippen LogP contribution in [-0.4, -0.2) is 12.8 Å². The SMILES string of the molecule is [B]c1ccc(Cl)c2oc3cccnc3c12. The molecule has 2 heterocycles. The Hall–Kier alpha value is -1.48. The normalized spacial score (nSPS) is 11.3. The van der Waals surface area contributed by atoms with Gasteiger partial charge in [-0.05, 0) is 18.2 Å². The number of halogens is 1. The highest BCUT2D eigenvalue weighted by molar-refractivity contribution is 6.44. The molecule has 4 heteroatoms. The Labute approximate surface area is 92.3 Å². The van der Waals surface area contributed by atoms with Crippen LogP contribution in [0.25, 0.3) is 22.1 Å². The molecular weight excluding hydrogens is 208 g/mol. The second-order valence-corrected chi connectivity index (χ2v) is 3.70. The van der Waals surface area contributed by atoms with Crippen LogP contribution in [0.5, 0.6) is 0 Å². The smallest absolute Gasteiger partial charge is 0.155 e. The minimum absolute atomic E-state index is 0.553. The van der Waals surface area contributed by atoms with Crippen LogP contribution in [0, 0.1) is 0 Å². The van der Waals surface area contributed by atoms with Gasteiger partial charge < -0.3 is 4.42 Å². The quantitative estimate of drug-likeness (QED) is 0.536. The molecule has 0 spiro atoms. The van der Waals surface area contributed by atoms with E-state index in [2.05, 4.69) is 4.98 Å². The Bertz CT molecular complexity index is 662. The lowest BCUT2D eigenvalue weighted by molar-refractivity contribution is 0.668. The number of aromatic nitrogens is 1. The zero-order valence-electron chi connectivity index (χ0n) is 7.70. The third kappa shape index (κ3) is 1.16. The molecule has 3 aromatic rings. The molecule has 3 rings (SSSR count). The van der Waals surface area contributed by atoms with Crippen LogP contribution in [0.1, 0.15) is 0 Å². The summed E-state index contributed by atoms with van der Waals surface area (Å²) in [6.07, 6.45) is 1.71. The Morgan fingerprint density at radius 1 is 1.27 bits per heavy atom. The van der Waals surface area contributed by atoms with Crippen molar-refractivity contribution in [1.82, 2.24) is 4.98 Å². The van der Waals surface area contributed by atoms with Crippen LogP contribution in [0.4, 0.5) is 0 Å². The van der Waals surface area contributed by atoms with Crippen molar-refractivity contribution >= 4 is 47.0 Å².